The molecule has 0 aromatic heterocycles. The lowest BCUT2D eigenvalue weighted by Gasteiger charge is -2.43. The van der Waals surface area contributed by atoms with Crippen LogP contribution in [0.1, 0.15) is 39.0 Å². The van der Waals surface area contributed by atoms with Crippen LogP contribution in [0.5, 0.6) is 0 Å². The number of ether oxygens (including phenoxy) is 2. The first-order chi connectivity index (χ1) is 12.7. The zero-order valence-electron chi connectivity index (χ0n) is 15.4. The molecule has 1 saturated carbocycles. The summed E-state index contributed by atoms with van der Waals surface area (Å²) < 4.78 is 11.8. The summed E-state index contributed by atoms with van der Waals surface area (Å²) in [6.45, 7) is 2.63. The van der Waals surface area contributed by atoms with E-state index in [1.807, 2.05) is 43.3 Å². The van der Waals surface area contributed by atoms with Gasteiger partial charge in [0.1, 0.15) is 0 Å². The van der Waals surface area contributed by atoms with E-state index in [-0.39, 0.29) is 24.3 Å². The van der Waals surface area contributed by atoms with Crippen LogP contribution in [0.15, 0.2) is 42.2 Å². The van der Waals surface area contributed by atoms with Gasteiger partial charge in [0.15, 0.2) is 5.76 Å². The van der Waals surface area contributed by atoms with Crippen molar-refractivity contribution in [2.24, 2.45) is 17.8 Å². The van der Waals surface area contributed by atoms with Gasteiger partial charge in [0, 0.05) is 24.8 Å². The van der Waals surface area contributed by atoms with E-state index in [1.54, 1.807) is 0 Å². The van der Waals surface area contributed by atoms with Gasteiger partial charge in [-0.2, -0.15) is 0 Å². The van der Waals surface area contributed by atoms with Crippen LogP contribution in [0.4, 0.5) is 5.69 Å². The minimum Gasteiger partial charge on any atom is -0.459 e. The van der Waals surface area contributed by atoms with Gasteiger partial charge >= 0.3 is 0 Å². The second-order valence-corrected chi connectivity index (χ2v) is 7.09. The minimum absolute atomic E-state index is 0.164. The third kappa shape index (κ3) is 4.46. The molecule has 3 atom stereocenters. The molecule has 1 aromatic rings. The zero-order chi connectivity index (χ0) is 18.4. The number of hydrogen-bond donors (Lipinski definition) is 2. The van der Waals surface area contributed by atoms with Gasteiger partial charge in [-0.1, -0.05) is 24.6 Å². The number of carbonyl (C=O) groups excluding carboxylic acids is 1. The van der Waals surface area contributed by atoms with Gasteiger partial charge in [-0.3, -0.25) is 4.79 Å². The number of nitrogens with one attached hydrogen (secondary N) is 1. The van der Waals surface area contributed by atoms with E-state index in [4.69, 9.17) is 9.47 Å². The van der Waals surface area contributed by atoms with Crippen molar-refractivity contribution in [3.63, 3.8) is 0 Å². The van der Waals surface area contributed by atoms with E-state index < -0.39 is 6.29 Å². The van der Waals surface area contributed by atoms with E-state index in [2.05, 4.69) is 5.32 Å². The number of anilines is 1. The molecular formula is C21H29NO4. The Balaban J connectivity index is 1.79. The molecule has 0 saturated heterocycles. The normalized spacial score (nSPS) is 25.8. The number of carbonyl (C=O) groups is 1. The summed E-state index contributed by atoms with van der Waals surface area (Å²) in [5.41, 5.74) is 0.748. The molecule has 1 aliphatic heterocycles. The number of amides is 1. The predicted octanol–water partition coefficient (Wildman–Crippen LogP) is 3.71. The standard InChI is InChI=1S/C21H29NO4/c1-2-25-21-17(12-7-13-23)18(15-8-6-9-15)14-19(26-21)20(24)22-16-10-4-3-5-11-16/h3-5,10-11,14-15,17-18,21,23H,2,6-9,12-13H2,1H3,(H,22,24)/t17-,18+,21+/m0/s1. The molecule has 26 heavy (non-hydrogen) atoms. The van der Waals surface area contributed by atoms with Crippen molar-refractivity contribution in [2.75, 3.05) is 18.5 Å². The Labute approximate surface area is 155 Å². The highest BCUT2D eigenvalue weighted by atomic mass is 16.7. The maximum absolute atomic E-state index is 12.7. The Bertz CT molecular complexity index is 612. The van der Waals surface area contributed by atoms with Gasteiger partial charge in [0.2, 0.25) is 6.29 Å². The molecule has 5 heteroatoms. The summed E-state index contributed by atoms with van der Waals surface area (Å²) in [7, 11) is 0. The fraction of sp³-hybridized carbons (Fsp3) is 0.571. The molecule has 0 unspecified atom stereocenters. The molecule has 1 fully saturated rings. The van der Waals surface area contributed by atoms with Gasteiger partial charge in [-0.05, 0) is 62.7 Å². The van der Waals surface area contributed by atoms with Crippen LogP contribution in [0.2, 0.25) is 0 Å². The van der Waals surface area contributed by atoms with E-state index in [0.717, 1.165) is 18.5 Å². The quantitative estimate of drug-likeness (QED) is 0.742. The van der Waals surface area contributed by atoms with Crippen LogP contribution in [-0.2, 0) is 14.3 Å². The smallest absolute Gasteiger partial charge is 0.290 e. The lowest BCUT2D eigenvalue weighted by molar-refractivity contribution is -0.177. The number of para-hydroxylation sites is 1. The van der Waals surface area contributed by atoms with Crippen LogP contribution < -0.4 is 5.32 Å². The third-order valence-electron chi connectivity index (χ3n) is 5.41. The molecule has 3 rings (SSSR count). The maximum atomic E-state index is 12.7. The average Bonchev–Trinajstić information content (AvgIpc) is 2.60. The number of rotatable bonds is 8. The first-order valence-corrected chi connectivity index (χ1v) is 9.70. The lowest BCUT2D eigenvalue weighted by atomic mass is 9.68. The largest absolute Gasteiger partial charge is 0.459 e. The van der Waals surface area contributed by atoms with E-state index in [1.165, 1.54) is 19.3 Å². The highest BCUT2D eigenvalue weighted by molar-refractivity contribution is 6.02. The van der Waals surface area contributed by atoms with Gasteiger partial charge in [0.25, 0.3) is 5.91 Å². The Morgan fingerprint density at radius 2 is 2.08 bits per heavy atom. The fourth-order valence-corrected chi connectivity index (χ4v) is 3.86. The Morgan fingerprint density at radius 3 is 2.69 bits per heavy atom. The summed E-state index contributed by atoms with van der Waals surface area (Å²) in [6, 6.07) is 9.40. The van der Waals surface area contributed by atoms with Crippen LogP contribution in [-0.4, -0.2) is 30.5 Å². The molecule has 5 nitrogen and oxygen atoms in total. The summed E-state index contributed by atoms with van der Waals surface area (Å²) >= 11 is 0. The molecule has 2 N–H and O–H groups in total. The first kappa shape index (κ1) is 18.9. The highest BCUT2D eigenvalue weighted by Gasteiger charge is 2.42. The maximum Gasteiger partial charge on any atom is 0.290 e. The SMILES string of the molecule is CCO[C@@H]1OC(C(=O)Nc2ccccc2)=C[C@H](C2CCC2)[C@@H]1CCCO. The molecule has 1 aliphatic carbocycles. The first-order valence-electron chi connectivity index (χ1n) is 9.70. The van der Waals surface area contributed by atoms with Crippen molar-refractivity contribution in [3.05, 3.63) is 42.2 Å². The number of aliphatic hydroxyl groups excluding tert-OH is 1. The molecule has 0 bridgehead atoms. The summed E-state index contributed by atoms with van der Waals surface area (Å²) in [6.07, 6.45) is 6.74. The zero-order valence-corrected chi connectivity index (χ0v) is 15.4. The van der Waals surface area contributed by atoms with Crippen LogP contribution >= 0.6 is 0 Å². The number of hydrogen-bond acceptors (Lipinski definition) is 4. The van der Waals surface area contributed by atoms with Crippen molar-refractivity contribution >= 4 is 11.6 Å². The van der Waals surface area contributed by atoms with E-state index in [0.29, 0.717) is 18.3 Å². The third-order valence-corrected chi connectivity index (χ3v) is 5.41. The number of aliphatic hydroxyl groups is 1. The second kappa shape index (κ2) is 9.19. The van der Waals surface area contributed by atoms with E-state index >= 15 is 0 Å². The fourth-order valence-electron chi connectivity index (χ4n) is 3.86. The topological polar surface area (TPSA) is 67.8 Å². The molecular weight excluding hydrogens is 330 g/mol. The Morgan fingerprint density at radius 1 is 1.31 bits per heavy atom. The summed E-state index contributed by atoms with van der Waals surface area (Å²) in [4.78, 5) is 12.7. The van der Waals surface area contributed by atoms with E-state index in [9.17, 15) is 9.90 Å². The van der Waals surface area contributed by atoms with Gasteiger partial charge < -0.3 is 19.9 Å². The van der Waals surface area contributed by atoms with Crippen molar-refractivity contribution < 1.29 is 19.4 Å². The average molecular weight is 359 g/mol. The Hall–Kier alpha value is -1.85. The van der Waals surface area contributed by atoms with Crippen molar-refractivity contribution in [1.29, 1.82) is 0 Å². The number of benzene rings is 1. The molecule has 1 amide bonds. The van der Waals surface area contributed by atoms with Gasteiger partial charge in [-0.25, -0.2) is 0 Å². The number of allylic oxidation sites excluding steroid dienone is 1. The molecule has 0 spiro atoms. The summed E-state index contributed by atoms with van der Waals surface area (Å²) in [5, 5.41) is 12.2. The molecule has 1 aromatic carbocycles. The molecule has 142 valence electrons. The molecule has 2 aliphatic rings. The predicted molar refractivity (Wildman–Crippen MR) is 100 cm³/mol. The summed E-state index contributed by atoms with van der Waals surface area (Å²) in [5.74, 6) is 1.14. The van der Waals surface area contributed by atoms with Crippen molar-refractivity contribution in [3.8, 4) is 0 Å². The minimum atomic E-state index is -0.432. The van der Waals surface area contributed by atoms with Crippen molar-refractivity contribution in [2.45, 2.75) is 45.3 Å². The van der Waals surface area contributed by atoms with Crippen LogP contribution in [0.25, 0.3) is 0 Å². The highest BCUT2D eigenvalue weighted by Crippen LogP contribution is 2.44. The lowest BCUT2D eigenvalue weighted by Crippen LogP contribution is -2.42. The van der Waals surface area contributed by atoms with Gasteiger partial charge in [0.05, 0.1) is 0 Å². The van der Waals surface area contributed by atoms with Crippen molar-refractivity contribution in [1.82, 2.24) is 0 Å². The van der Waals surface area contributed by atoms with Gasteiger partial charge in [-0.15, -0.1) is 0 Å². The Kier molecular flexibility index (Phi) is 6.69. The second-order valence-electron chi connectivity index (χ2n) is 7.09. The molecule has 1 heterocycles. The van der Waals surface area contributed by atoms with Crippen LogP contribution in [0, 0.1) is 17.8 Å². The van der Waals surface area contributed by atoms with Crippen LogP contribution in [0.3, 0.4) is 0 Å². The monoisotopic (exact) mass is 359 g/mol. The molecule has 0 radical (unpaired) electrons.